The van der Waals surface area contributed by atoms with Crippen molar-refractivity contribution in [3.63, 3.8) is 0 Å². The molecule has 182 valence electrons. The van der Waals surface area contributed by atoms with Gasteiger partial charge in [0.05, 0.1) is 29.2 Å². The zero-order valence-electron chi connectivity index (χ0n) is 19.7. The average molecular weight is 593 g/mol. The van der Waals surface area contributed by atoms with Crippen molar-refractivity contribution in [2.24, 2.45) is 0 Å². The lowest BCUT2D eigenvalue weighted by atomic mass is 10.2. The molecule has 0 saturated heterocycles. The Hall–Kier alpha value is -4.12. The predicted molar refractivity (Wildman–Crippen MR) is 151 cm³/mol. The van der Waals surface area contributed by atoms with Gasteiger partial charge in [-0.2, -0.15) is 4.98 Å². The third kappa shape index (κ3) is 6.51. The number of amides is 1. The first-order valence-corrected chi connectivity index (χ1v) is 12.1. The molecule has 9 heteroatoms. The van der Waals surface area contributed by atoms with Gasteiger partial charge in [0.2, 0.25) is 11.9 Å². The van der Waals surface area contributed by atoms with Gasteiger partial charge in [-0.1, -0.05) is 42.5 Å². The molecule has 3 aromatic carbocycles. The SMILES string of the molecule is COc1ccc(Nc2ncc(I)c(Nc3ccccc3NC(=O)/C=C/c3ccccc3)n2)cc1OC. The van der Waals surface area contributed by atoms with Gasteiger partial charge in [0.25, 0.3) is 0 Å². The van der Waals surface area contributed by atoms with Crippen LogP contribution < -0.4 is 25.4 Å². The lowest BCUT2D eigenvalue weighted by Gasteiger charge is -2.14. The topological polar surface area (TPSA) is 97.4 Å². The van der Waals surface area contributed by atoms with Crippen molar-refractivity contribution in [2.75, 3.05) is 30.2 Å². The number of halogens is 1. The van der Waals surface area contributed by atoms with Crippen LogP contribution >= 0.6 is 22.6 Å². The molecule has 1 heterocycles. The summed E-state index contributed by atoms with van der Waals surface area (Å²) >= 11 is 2.16. The Kier molecular flexibility index (Phi) is 8.35. The highest BCUT2D eigenvalue weighted by Gasteiger charge is 2.11. The first-order chi connectivity index (χ1) is 17.6. The number of hydrogen-bond donors (Lipinski definition) is 3. The number of carbonyl (C=O) groups is 1. The molecule has 0 aliphatic rings. The second kappa shape index (κ2) is 12.0. The first kappa shape index (κ1) is 25.0. The van der Waals surface area contributed by atoms with E-state index < -0.39 is 0 Å². The minimum absolute atomic E-state index is 0.235. The monoisotopic (exact) mass is 593 g/mol. The van der Waals surface area contributed by atoms with Crippen LogP contribution in [0.25, 0.3) is 6.08 Å². The lowest BCUT2D eigenvalue weighted by Crippen LogP contribution is -2.10. The molecule has 36 heavy (non-hydrogen) atoms. The summed E-state index contributed by atoms with van der Waals surface area (Å²) in [5, 5.41) is 9.41. The van der Waals surface area contributed by atoms with Crippen molar-refractivity contribution in [1.82, 2.24) is 9.97 Å². The quantitative estimate of drug-likeness (QED) is 0.156. The maximum atomic E-state index is 12.5. The molecule has 3 N–H and O–H groups in total. The van der Waals surface area contributed by atoms with Gasteiger partial charge in [-0.15, -0.1) is 0 Å². The number of nitrogens with zero attached hydrogens (tertiary/aromatic N) is 2. The van der Waals surface area contributed by atoms with Crippen LogP contribution in [0.1, 0.15) is 5.56 Å². The van der Waals surface area contributed by atoms with Crippen molar-refractivity contribution >= 4 is 63.4 Å². The standard InChI is InChI=1S/C27H24IN5O3/c1-35-23-14-13-19(16-24(23)36-2)30-27-29-17-20(28)26(33-27)32-22-11-7-6-10-21(22)31-25(34)15-12-18-8-4-3-5-9-18/h3-17H,1-2H3,(H,31,34)(H2,29,30,32,33)/b15-12+. The van der Waals surface area contributed by atoms with Crippen LogP contribution in [0, 0.1) is 3.57 Å². The Morgan fingerprint density at radius 1 is 0.889 bits per heavy atom. The van der Waals surface area contributed by atoms with Gasteiger partial charge in [0, 0.05) is 24.0 Å². The summed E-state index contributed by atoms with van der Waals surface area (Å²) in [6.07, 6.45) is 4.99. The van der Waals surface area contributed by atoms with Gasteiger partial charge in [-0.3, -0.25) is 4.79 Å². The number of methoxy groups -OCH3 is 2. The molecule has 0 saturated carbocycles. The Labute approximate surface area is 222 Å². The summed E-state index contributed by atoms with van der Waals surface area (Å²) < 4.78 is 11.5. The molecular formula is C27H24IN5O3. The van der Waals surface area contributed by atoms with Crippen molar-refractivity contribution in [2.45, 2.75) is 0 Å². The maximum Gasteiger partial charge on any atom is 0.248 e. The molecule has 0 fully saturated rings. The van der Waals surface area contributed by atoms with Crippen LogP contribution in [0.3, 0.4) is 0 Å². The molecule has 0 spiro atoms. The Bertz CT molecular complexity index is 1380. The summed E-state index contributed by atoms with van der Waals surface area (Å²) in [6, 6.07) is 22.6. The fraction of sp³-hybridized carbons (Fsp3) is 0.0741. The predicted octanol–water partition coefficient (Wildman–Crippen LogP) is 6.24. The van der Waals surface area contributed by atoms with E-state index in [-0.39, 0.29) is 5.91 Å². The third-order valence-electron chi connectivity index (χ3n) is 5.05. The van der Waals surface area contributed by atoms with E-state index >= 15 is 0 Å². The zero-order chi connectivity index (χ0) is 25.3. The number of aromatic nitrogens is 2. The number of hydrogen-bond acceptors (Lipinski definition) is 7. The molecule has 0 aliphatic carbocycles. The van der Waals surface area contributed by atoms with Gasteiger partial charge >= 0.3 is 0 Å². The van der Waals surface area contributed by atoms with E-state index in [0.717, 1.165) is 14.8 Å². The fourth-order valence-electron chi connectivity index (χ4n) is 3.30. The summed E-state index contributed by atoms with van der Waals surface area (Å²) in [6.45, 7) is 0. The van der Waals surface area contributed by atoms with E-state index in [1.807, 2.05) is 60.7 Å². The van der Waals surface area contributed by atoms with E-state index in [2.05, 4.69) is 48.5 Å². The van der Waals surface area contributed by atoms with Crippen LogP contribution in [0.5, 0.6) is 11.5 Å². The number of nitrogens with one attached hydrogen (secondary N) is 3. The normalized spacial score (nSPS) is 10.6. The largest absolute Gasteiger partial charge is 0.493 e. The van der Waals surface area contributed by atoms with E-state index in [9.17, 15) is 4.79 Å². The van der Waals surface area contributed by atoms with Crippen molar-refractivity contribution in [1.29, 1.82) is 0 Å². The minimum Gasteiger partial charge on any atom is -0.493 e. The molecular weight excluding hydrogens is 569 g/mol. The van der Waals surface area contributed by atoms with E-state index in [0.29, 0.717) is 34.6 Å². The smallest absolute Gasteiger partial charge is 0.248 e. The van der Waals surface area contributed by atoms with Gasteiger partial charge in [0.15, 0.2) is 11.5 Å². The number of anilines is 5. The van der Waals surface area contributed by atoms with Crippen molar-refractivity contribution in [3.8, 4) is 11.5 Å². The van der Waals surface area contributed by atoms with Crippen LogP contribution in [0.4, 0.5) is 28.8 Å². The number of rotatable bonds is 9. The molecule has 8 nitrogen and oxygen atoms in total. The third-order valence-corrected chi connectivity index (χ3v) is 5.84. The lowest BCUT2D eigenvalue weighted by molar-refractivity contribution is -0.111. The van der Waals surface area contributed by atoms with Crippen molar-refractivity contribution < 1.29 is 14.3 Å². The van der Waals surface area contributed by atoms with Crippen molar-refractivity contribution in [3.05, 3.63) is 94.2 Å². The average Bonchev–Trinajstić information content (AvgIpc) is 2.91. The van der Waals surface area contributed by atoms with Crippen LogP contribution in [0.15, 0.2) is 85.1 Å². The van der Waals surface area contributed by atoms with Crippen LogP contribution in [-0.4, -0.2) is 30.1 Å². The van der Waals surface area contributed by atoms with Crippen LogP contribution in [-0.2, 0) is 4.79 Å². The second-order valence-electron chi connectivity index (χ2n) is 7.49. The summed E-state index contributed by atoms with van der Waals surface area (Å²) in [7, 11) is 3.17. The highest BCUT2D eigenvalue weighted by Crippen LogP contribution is 2.31. The van der Waals surface area contributed by atoms with Gasteiger partial charge < -0.3 is 25.4 Å². The van der Waals surface area contributed by atoms with Gasteiger partial charge in [0.1, 0.15) is 5.82 Å². The molecule has 0 bridgehead atoms. The maximum absolute atomic E-state index is 12.5. The van der Waals surface area contributed by atoms with Gasteiger partial charge in [-0.25, -0.2) is 4.98 Å². The number of carbonyl (C=O) groups excluding carboxylic acids is 1. The number of benzene rings is 3. The molecule has 4 aromatic rings. The molecule has 0 aliphatic heterocycles. The first-order valence-electron chi connectivity index (χ1n) is 11.0. The highest BCUT2D eigenvalue weighted by molar-refractivity contribution is 14.1. The second-order valence-corrected chi connectivity index (χ2v) is 8.65. The number of para-hydroxylation sites is 2. The van der Waals surface area contributed by atoms with Gasteiger partial charge in [-0.05, 0) is 58.5 Å². The van der Waals surface area contributed by atoms with Crippen LogP contribution in [0.2, 0.25) is 0 Å². The fourth-order valence-corrected chi connectivity index (χ4v) is 3.69. The zero-order valence-corrected chi connectivity index (χ0v) is 21.8. The molecule has 1 aromatic heterocycles. The Morgan fingerprint density at radius 3 is 2.36 bits per heavy atom. The molecule has 1 amide bonds. The Balaban J connectivity index is 1.50. The number of ether oxygens (including phenoxy) is 2. The Morgan fingerprint density at radius 2 is 1.61 bits per heavy atom. The molecule has 0 radical (unpaired) electrons. The summed E-state index contributed by atoms with van der Waals surface area (Å²) in [4.78, 5) is 21.5. The molecule has 4 rings (SSSR count). The summed E-state index contributed by atoms with van der Waals surface area (Å²) in [5.41, 5.74) is 3.03. The highest BCUT2D eigenvalue weighted by atomic mass is 127. The van der Waals surface area contributed by atoms with E-state index in [1.54, 1.807) is 38.6 Å². The summed E-state index contributed by atoms with van der Waals surface area (Å²) in [5.74, 6) is 1.98. The molecule has 0 atom stereocenters. The minimum atomic E-state index is -0.235. The molecule has 0 unspecified atom stereocenters. The van der Waals surface area contributed by atoms with E-state index in [4.69, 9.17) is 9.47 Å². The van der Waals surface area contributed by atoms with E-state index in [1.165, 1.54) is 6.08 Å².